The number of likely N-dealkylation sites (tertiary alicyclic amines) is 1. The fourth-order valence-corrected chi connectivity index (χ4v) is 9.91. The van der Waals surface area contributed by atoms with Gasteiger partial charge in [0.1, 0.15) is 5.52 Å². The topological polar surface area (TPSA) is 175 Å². The molecule has 4 N–H and O–H groups in total. The van der Waals surface area contributed by atoms with Crippen LogP contribution in [0.4, 0.5) is 17.6 Å². The van der Waals surface area contributed by atoms with Crippen LogP contribution in [0.15, 0.2) is 47.5 Å². The summed E-state index contributed by atoms with van der Waals surface area (Å²) < 4.78 is 30.7. The van der Waals surface area contributed by atoms with Crippen LogP contribution in [-0.2, 0) is 14.8 Å². The molecule has 16 heteroatoms. The molecule has 1 aliphatic carbocycles. The Morgan fingerprint density at radius 2 is 1.67 bits per heavy atom. The minimum absolute atomic E-state index is 0.0302. The van der Waals surface area contributed by atoms with Crippen LogP contribution in [0.3, 0.4) is 0 Å². The number of nitrogens with two attached hydrogens (primary N) is 1. The Kier molecular flexibility index (Phi) is 10.6. The number of carbonyl (C=O) groups excluding carboxylic acids is 1. The number of rotatable bonds is 9. The SMILES string of the molecule is Cc1ccc(S(=O)(=O)N2CCC[C@@H](N3CCC[C@@H](Nc4ncc5nc(Nc6c(Cl)cc(C#N)cc6Cl)n(C6CCC(C(N)=O)CC6)c5n4)C3)C2)cc1. The number of aryl methyl sites for hydroxylation is 1. The van der Waals surface area contributed by atoms with Crippen LogP contribution in [0.25, 0.3) is 11.2 Å². The van der Waals surface area contributed by atoms with Crippen LogP contribution >= 0.6 is 23.2 Å². The first-order valence-electron chi connectivity index (χ1n) is 17.8. The normalized spacial score (nSPS) is 23.3. The van der Waals surface area contributed by atoms with E-state index in [0.29, 0.717) is 78.0 Å². The van der Waals surface area contributed by atoms with Crippen molar-refractivity contribution in [2.24, 2.45) is 11.7 Å². The molecule has 2 atom stereocenters. The molecule has 52 heavy (non-hydrogen) atoms. The fourth-order valence-electron chi connectivity index (χ4n) is 7.82. The summed E-state index contributed by atoms with van der Waals surface area (Å²) in [6.45, 7) is 4.57. The van der Waals surface area contributed by atoms with Crippen LogP contribution in [0.1, 0.15) is 68.5 Å². The van der Waals surface area contributed by atoms with Gasteiger partial charge in [-0.15, -0.1) is 0 Å². The highest BCUT2D eigenvalue weighted by molar-refractivity contribution is 7.89. The van der Waals surface area contributed by atoms with Crippen molar-refractivity contribution in [1.29, 1.82) is 5.26 Å². The van der Waals surface area contributed by atoms with Crippen molar-refractivity contribution in [3.63, 3.8) is 0 Å². The molecule has 13 nitrogen and oxygen atoms in total. The van der Waals surface area contributed by atoms with Crippen molar-refractivity contribution >= 4 is 67.9 Å². The number of nitrogens with zero attached hydrogens (tertiary/aromatic N) is 7. The summed E-state index contributed by atoms with van der Waals surface area (Å²) in [4.78, 5) is 29.2. The van der Waals surface area contributed by atoms with Gasteiger partial charge < -0.3 is 16.4 Å². The third-order valence-corrected chi connectivity index (χ3v) is 13.1. The number of fused-ring (bicyclic) bond motifs is 1. The molecule has 0 unspecified atom stereocenters. The molecule has 2 aromatic carbocycles. The number of carbonyl (C=O) groups is 1. The lowest BCUT2D eigenvalue weighted by Gasteiger charge is -2.42. The molecule has 274 valence electrons. The molecular formula is C36H42Cl2N10O3S. The number of imidazole rings is 1. The molecule has 1 saturated carbocycles. The smallest absolute Gasteiger partial charge is 0.243 e. The van der Waals surface area contributed by atoms with Gasteiger partial charge in [-0.25, -0.2) is 18.4 Å². The van der Waals surface area contributed by atoms with Gasteiger partial charge in [0.25, 0.3) is 0 Å². The molecule has 3 fully saturated rings. The molecule has 0 spiro atoms. The Morgan fingerprint density at radius 3 is 2.37 bits per heavy atom. The number of aromatic nitrogens is 4. The monoisotopic (exact) mass is 764 g/mol. The van der Waals surface area contributed by atoms with Crippen molar-refractivity contribution in [3.05, 3.63) is 63.8 Å². The van der Waals surface area contributed by atoms with E-state index in [1.165, 1.54) is 0 Å². The van der Waals surface area contributed by atoms with Crippen molar-refractivity contribution in [1.82, 2.24) is 28.7 Å². The average Bonchev–Trinajstić information content (AvgIpc) is 3.50. The lowest BCUT2D eigenvalue weighted by Crippen LogP contribution is -2.54. The third-order valence-electron chi connectivity index (χ3n) is 10.6. The number of nitriles is 1. The summed E-state index contributed by atoms with van der Waals surface area (Å²) in [5, 5.41) is 16.8. The van der Waals surface area contributed by atoms with E-state index < -0.39 is 10.0 Å². The Hall–Kier alpha value is -4.00. The molecule has 0 radical (unpaired) electrons. The summed E-state index contributed by atoms with van der Waals surface area (Å²) in [7, 11) is -3.57. The maximum absolute atomic E-state index is 13.5. The zero-order chi connectivity index (χ0) is 36.6. The molecule has 3 aliphatic rings. The summed E-state index contributed by atoms with van der Waals surface area (Å²) >= 11 is 13.1. The average molecular weight is 766 g/mol. The molecule has 7 rings (SSSR count). The minimum atomic E-state index is -3.57. The first-order chi connectivity index (χ1) is 25.0. The molecule has 2 aromatic heterocycles. The molecule has 2 aliphatic heterocycles. The van der Waals surface area contributed by atoms with E-state index >= 15 is 0 Å². The quantitative estimate of drug-likeness (QED) is 0.183. The van der Waals surface area contributed by atoms with E-state index in [-0.39, 0.29) is 40.0 Å². The molecule has 2 saturated heterocycles. The number of primary amides is 1. The number of sulfonamides is 1. The predicted octanol–water partition coefficient (Wildman–Crippen LogP) is 6.00. The van der Waals surface area contributed by atoms with Gasteiger partial charge in [0.05, 0.1) is 38.5 Å². The van der Waals surface area contributed by atoms with E-state index in [1.54, 1.807) is 34.8 Å². The summed E-state index contributed by atoms with van der Waals surface area (Å²) in [6, 6.07) is 12.4. The highest BCUT2D eigenvalue weighted by Crippen LogP contribution is 2.39. The van der Waals surface area contributed by atoms with E-state index in [2.05, 4.69) is 26.6 Å². The molecule has 1 amide bonds. The van der Waals surface area contributed by atoms with E-state index in [1.807, 2.05) is 23.6 Å². The van der Waals surface area contributed by atoms with Crippen LogP contribution < -0.4 is 16.4 Å². The number of piperidine rings is 2. The van der Waals surface area contributed by atoms with E-state index in [9.17, 15) is 18.5 Å². The van der Waals surface area contributed by atoms with Gasteiger partial charge in [-0.05, 0) is 89.1 Å². The fraction of sp³-hybridized carbons (Fsp3) is 0.472. The van der Waals surface area contributed by atoms with E-state index in [0.717, 1.165) is 44.3 Å². The maximum atomic E-state index is 13.5. The number of hydrogen-bond donors (Lipinski definition) is 3. The van der Waals surface area contributed by atoms with Crippen LogP contribution in [-0.4, -0.2) is 81.3 Å². The number of anilines is 3. The summed E-state index contributed by atoms with van der Waals surface area (Å²) in [5.41, 5.74) is 8.64. The maximum Gasteiger partial charge on any atom is 0.243 e. The number of nitrogens with one attached hydrogen (secondary N) is 2. The summed E-state index contributed by atoms with van der Waals surface area (Å²) in [6.07, 6.45) is 8.03. The molecule has 4 heterocycles. The van der Waals surface area contributed by atoms with Crippen molar-refractivity contribution in [3.8, 4) is 6.07 Å². The Morgan fingerprint density at radius 1 is 0.962 bits per heavy atom. The standard InChI is InChI=1S/C36H42Cl2N10O3S/c1-22-6-12-28(13-7-22)52(50,51)47-15-3-5-27(21-47)46-14-2-4-25(20-46)42-35-41-19-31-34(45-35)48(26-10-8-24(9-11-26)33(40)49)36(43-31)44-32-29(37)16-23(18-39)17-30(32)38/h6-7,12-13,16-17,19,24-27H,2-5,8-11,14-15,20-21H2,1H3,(H2,40,49)(H,43,44)(H,41,42,45)/t24?,25-,26?,27-/m1/s1. The second-order valence-electron chi connectivity index (χ2n) is 14.1. The highest BCUT2D eigenvalue weighted by Gasteiger charge is 2.35. The lowest BCUT2D eigenvalue weighted by atomic mass is 9.85. The van der Waals surface area contributed by atoms with Gasteiger partial charge in [0, 0.05) is 43.7 Å². The summed E-state index contributed by atoms with van der Waals surface area (Å²) in [5.74, 6) is 0.487. The van der Waals surface area contributed by atoms with Gasteiger partial charge in [0.15, 0.2) is 5.65 Å². The van der Waals surface area contributed by atoms with Crippen LogP contribution in [0.5, 0.6) is 0 Å². The van der Waals surface area contributed by atoms with Crippen molar-refractivity contribution < 1.29 is 13.2 Å². The first-order valence-corrected chi connectivity index (χ1v) is 20.0. The number of benzene rings is 2. The predicted molar refractivity (Wildman–Crippen MR) is 201 cm³/mol. The lowest BCUT2D eigenvalue weighted by molar-refractivity contribution is -0.122. The Labute approximate surface area is 313 Å². The Balaban J connectivity index is 1.11. The molecule has 0 bridgehead atoms. The van der Waals surface area contributed by atoms with Gasteiger partial charge in [-0.2, -0.15) is 14.6 Å². The van der Waals surface area contributed by atoms with E-state index in [4.69, 9.17) is 38.9 Å². The highest BCUT2D eigenvalue weighted by atomic mass is 35.5. The zero-order valence-electron chi connectivity index (χ0n) is 28.9. The van der Waals surface area contributed by atoms with Gasteiger partial charge in [-0.1, -0.05) is 40.9 Å². The van der Waals surface area contributed by atoms with Crippen molar-refractivity contribution in [2.45, 2.75) is 81.3 Å². The number of hydrogen-bond acceptors (Lipinski definition) is 10. The minimum Gasteiger partial charge on any atom is -0.369 e. The van der Waals surface area contributed by atoms with Crippen LogP contribution in [0.2, 0.25) is 10.0 Å². The van der Waals surface area contributed by atoms with Gasteiger partial charge in [-0.3, -0.25) is 14.3 Å². The Bertz CT molecular complexity index is 2090. The number of halogens is 2. The van der Waals surface area contributed by atoms with Crippen molar-refractivity contribution in [2.75, 3.05) is 36.8 Å². The molecule has 4 aromatic rings. The second kappa shape index (κ2) is 15.2. The van der Waals surface area contributed by atoms with Gasteiger partial charge >= 0.3 is 0 Å². The zero-order valence-corrected chi connectivity index (χ0v) is 31.3. The first kappa shape index (κ1) is 36.4. The third kappa shape index (κ3) is 7.56. The second-order valence-corrected chi connectivity index (χ2v) is 16.9. The number of amides is 1. The molecular weight excluding hydrogens is 723 g/mol. The van der Waals surface area contributed by atoms with Gasteiger partial charge in [0.2, 0.25) is 27.8 Å². The van der Waals surface area contributed by atoms with Crippen LogP contribution in [0, 0.1) is 24.2 Å². The largest absolute Gasteiger partial charge is 0.369 e.